The number of benzene rings is 3. The van der Waals surface area contributed by atoms with E-state index in [4.69, 9.17) is 14.2 Å². The van der Waals surface area contributed by atoms with Crippen LogP contribution in [0.25, 0.3) is 0 Å². The van der Waals surface area contributed by atoms with Gasteiger partial charge in [-0.05, 0) is 0 Å². The Labute approximate surface area is 257 Å². The Hall–Kier alpha value is -3.12. The first-order chi connectivity index (χ1) is 20.4. The molecule has 0 aromatic heterocycles. The van der Waals surface area contributed by atoms with Crippen LogP contribution in [0.1, 0.15) is 59.8 Å². The van der Waals surface area contributed by atoms with Crippen molar-refractivity contribution in [2.45, 2.75) is 76.9 Å². The number of carbonyl (C=O) groups excluding carboxylic acids is 1. The molecule has 1 amide bonds. The van der Waals surface area contributed by atoms with Crippen LogP contribution < -0.4 is 35.4 Å². The Morgan fingerprint density at radius 2 is 1.12 bits per heavy atom. The number of nitrogens with zero attached hydrogens (tertiary/aromatic N) is 1. The molecule has 0 bridgehead atoms. The number of piperidine rings is 1. The number of hydroxylamine groups is 2. The molecule has 1 aliphatic rings. The number of methoxy groups -OCH3 is 3. The summed E-state index contributed by atoms with van der Waals surface area (Å²) in [5.41, 5.74) is -0.806. The van der Waals surface area contributed by atoms with Crippen molar-refractivity contribution in [2.24, 2.45) is 0 Å². The van der Waals surface area contributed by atoms with Crippen molar-refractivity contribution in [3.8, 4) is 17.2 Å². The number of amides is 1. The van der Waals surface area contributed by atoms with Gasteiger partial charge in [-0.15, -0.1) is 0 Å². The first kappa shape index (κ1) is 32.8. The van der Waals surface area contributed by atoms with Gasteiger partial charge in [-0.3, -0.25) is 0 Å². The molecule has 0 radical (unpaired) electrons. The zero-order valence-corrected chi connectivity index (χ0v) is 27.8. The van der Waals surface area contributed by atoms with Crippen molar-refractivity contribution in [2.75, 3.05) is 27.5 Å². The molecule has 8 heteroatoms. The monoisotopic (exact) mass is 608 g/mol. The third-order valence-electron chi connectivity index (χ3n) is 8.96. The number of unbranched alkanes of at least 4 members (excludes halogenated alkanes) is 1. The molecule has 1 heterocycles. The molecule has 3 aromatic rings. The average Bonchev–Trinajstić information content (AvgIpc) is 3.00. The summed E-state index contributed by atoms with van der Waals surface area (Å²) < 4.78 is 16.5. The Bertz CT molecular complexity index is 1210. The van der Waals surface area contributed by atoms with Crippen LogP contribution in [0, 0.1) is 0 Å². The molecule has 1 aliphatic heterocycles. The summed E-state index contributed by atoms with van der Waals surface area (Å²) >= 11 is 0. The minimum absolute atomic E-state index is 0.0345. The van der Waals surface area contributed by atoms with E-state index in [1.807, 2.05) is 64.1 Å². The molecular weight excluding hydrogens is 559 g/mol. The Morgan fingerprint density at radius 1 is 0.744 bits per heavy atom. The Balaban J connectivity index is 1.58. The fourth-order valence-corrected chi connectivity index (χ4v) is 11.8. The van der Waals surface area contributed by atoms with Crippen molar-refractivity contribution >= 4 is 29.1 Å². The molecule has 7 nitrogen and oxygen atoms in total. The number of nitrogens with one attached hydrogen (secondary N) is 1. The maximum atomic E-state index is 13.1. The number of rotatable bonds is 12. The van der Waals surface area contributed by atoms with E-state index in [0.29, 0.717) is 19.3 Å². The summed E-state index contributed by atoms with van der Waals surface area (Å²) in [6, 6.07) is 25.5. The molecule has 234 valence electrons. The van der Waals surface area contributed by atoms with E-state index < -0.39 is 18.3 Å². The second kappa shape index (κ2) is 13.7. The van der Waals surface area contributed by atoms with E-state index in [2.05, 4.69) is 41.7 Å². The van der Waals surface area contributed by atoms with Gasteiger partial charge in [0.2, 0.25) is 0 Å². The molecule has 2 N–H and O–H groups in total. The van der Waals surface area contributed by atoms with Gasteiger partial charge in [0.15, 0.2) is 0 Å². The quantitative estimate of drug-likeness (QED) is 0.211. The molecule has 0 saturated carbocycles. The van der Waals surface area contributed by atoms with Gasteiger partial charge in [0, 0.05) is 0 Å². The number of hydrogen-bond acceptors (Lipinski definition) is 6. The number of carbonyl (C=O) groups is 1. The molecule has 0 aliphatic carbocycles. The van der Waals surface area contributed by atoms with Crippen LogP contribution in [0.3, 0.4) is 0 Å². The topological polar surface area (TPSA) is 80.3 Å². The van der Waals surface area contributed by atoms with Gasteiger partial charge in [-0.1, -0.05) is 0 Å². The fourth-order valence-electron chi connectivity index (χ4n) is 6.91. The van der Waals surface area contributed by atoms with Crippen molar-refractivity contribution < 1.29 is 24.2 Å². The van der Waals surface area contributed by atoms with Crippen molar-refractivity contribution in [1.82, 2.24) is 10.4 Å². The van der Waals surface area contributed by atoms with E-state index in [1.54, 1.807) is 21.3 Å². The van der Waals surface area contributed by atoms with Gasteiger partial charge in [-0.2, -0.15) is 0 Å². The summed E-state index contributed by atoms with van der Waals surface area (Å²) in [5, 5.41) is 19.2. The number of ether oxygens (including phenoxy) is 3. The molecule has 0 unspecified atom stereocenters. The van der Waals surface area contributed by atoms with Gasteiger partial charge in [0.1, 0.15) is 0 Å². The predicted octanol–water partition coefficient (Wildman–Crippen LogP) is 5.44. The first-order valence-corrected chi connectivity index (χ1v) is 17.4. The van der Waals surface area contributed by atoms with Crippen LogP contribution in [-0.2, 0) is 4.79 Å². The first-order valence-electron chi connectivity index (χ1n) is 15.2. The number of hydrogen-bond donors (Lipinski definition) is 2. The van der Waals surface area contributed by atoms with Crippen LogP contribution in [0.2, 0.25) is 0 Å². The van der Waals surface area contributed by atoms with E-state index in [9.17, 15) is 10.0 Å². The van der Waals surface area contributed by atoms with Crippen molar-refractivity contribution in [1.29, 1.82) is 0 Å². The summed E-state index contributed by atoms with van der Waals surface area (Å²) in [6.45, 7) is 8.09. The van der Waals surface area contributed by atoms with Crippen LogP contribution in [0.5, 0.6) is 17.2 Å². The molecule has 3 aromatic carbocycles. The second-order valence-electron chi connectivity index (χ2n) is 12.9. The van der Waals surface area contributed by atoms with E-state index in [-0.39, 0.29) is 11.9 Å². The normalized spacial score (nSPS) is 17.2. The average molecular weight is 609 g/mol. The van der Waals surface area contributed by atoms with Crippen LogP contribution >= 0.6 is 7.26 Å². The van der Waals surface area contributed by atoms with Crippen molar-refractivity contribution in [3.63, 3.8) is 0 Å². The molecule has 0 spiro atoms. The van der Waals surface area contributed by atoms with E-state index >= 15 is 0 Å². The molecule has 0 atom stereocenters. The van der Waals surface area contributed by atoms with Gasteiger partial charge in [0.05, 0.1) is 0 Å². The van der Waals surface area contributed by atoms with Gasteiger partial charge in [0.25, 0.3) is 0 Å². The molecule has 1 saturated heterocycles. The third kappa shape index (κ3) is 7.34. The van der Waals surface area contributed by atoms with Crippen LogP contribution in [0.15, 0.2) is 72.8 Å². The van der Waals surface area contributed by atoms with Crippen molar-refractivity contribution in [3.05, 3.63) is 72.8 Å². The minimum atomic E-state index is -2.52. The molecular formula is C35H49N2O5P. The SMILES string of the molecule is COc1ccc([PH](CCCCC(=O)NC2CC(C)(C)N(O)C(C)(C)C2)(c2ccc(OC)cc2)c2ccc(OC)cc2)cc1. The summed E-state index contributed by atoms with van der Waals surface area (Å²) in [6.07, 6.45) is 4.51. The predicted molar refractivity (Wildman–Crippen MR) is 178 cm³/mol. The third-order valence-corrected chi connectivity index (χ3v) is 14.0. The van der Waals surface area contributed by atoms with Gasteiger partial charge >= 0.3 is 258 Å². The van der Waals surface area contributed by atoms with Gasteiger partial charge in [-0.25, -0.2) is 0 Å². The van der Waals surface area contributed by atoms with Crippen LogP contribution in [0.4, 0.5) is 0 Å². The second-order valence-corrected chi connectivity index (χ2v) is 17.0. The molecule has 43 heavy (non-hydrogen) atoms. The van der Waals surface area contributed by atoms with E-state index in [1.165, 1.54) is 21.0 Å². The van der Waals surface area contributed by atoms with Crippen LogP contribution in [-0.4, -0.2) is 60.8 Å². The summed E-state index contributed by atoms with van der Waals surface area (Å²) in [7, 11) is 2.54. The Kier molecular flexibility index (Phi) is 10.4. The molecule has 1 fully saturated rings. The fraction of sp³-hybridized carbons (Fsp3) is 0.457. The summed E-state index contributed by atoms with van der Waals surface area (Å²) in [5.74, 6) is 2.55. The Morgan fingerprint density at radius 3 is 1.47 bits per heavy atom. The van der Waals surface area contributed by atoms with E-state index in [0.717, 1.165) is 36.3 Å². The zero-order chi connectivity index (χ0) is 31.3. The zero-order valence-electron chi connectivity index (χ0n) is 26.8. The van der Waals surface area contributed by atoms with Gasteiger partial charge < -0.3 is 0 Å². The summed E-state index contributed by atoms with van der Waals surface area (Å²) in [4.78, 5) is 13.1. The maximum absolute atomic E-state index is 13.1. The molecule has 4 rings (SSSR count). The standard InChI is InChI=1S/C35H49N2O5P/c1-34(2)24-26(25-35(3,4)37(34)39)36-33(38)10-8-9-23-43(30-17-11-27(40-5)12-18-30,31-19-13-28(41-6)14-20-31)32-21-15-29(42-7)16-22-32/h11-22,26,39,43H,8-10,23-25H2,1-7H3,(H,36,38).